The highest BCUT2D eigenvalue weighted by Gasteiger charge is 2.70. The summed E-state index contributed by atoms with van der Waals surface area (Å²) < 4.78 is 81.3. The van der Waals surface area contributed by atoms with Crippen molar-refractivity contribution in [2.24, 2.45) is 0 Å². The Hall–Kier alpha value is -0.500. The van der Waals surface area contributed by atoms with Crippen LogP contribution in [0.2, 0.25) is 0 Å². The van der Waals surface area contributed by atoms with Gasteiger partial charge in [0.2, 0.25) is 0 Å². The summed E-state index contributed by atoms with van der Waals surface area (Å²) in [5, 5.41) is 5.11. The minimum Gasteiger partial charge on any atom is -0.314 e. The van der Waals surface area contributed by atoms with Crippen LogP contribution in [0.1, 0.15) is 47.5 Å². The molecule has 0 aromatic heterocycles. The second-order valence-corrected chi connectivity index (χ2v) is 6.77. The Kier molecular flexibility index (Phi) is 7.21. The van der Waals surface area contributed by atoms with Crippen molar-refractivity contribution in [3.8, 4) is 0 Å². The first kappa shape index (κ1) is 21.5. The zero-order valence-electron chi connectivity index (χ0n) is 13.7. The molecule has 8 heteroatoms. The number of halogens is 6. The second kappa shape index (κ2) is 7.38. The van der Waals surface area contributed by atoms with Crippen LogP contribution in [0.15, 0.2) is 0 Å². The monoisotopic (exact) mass is 336 g/mol. The van der Waals surface area contributed by atoms with Gasteiger partial charge >= 0.3 is 17.8 Å². The molecule has 0 saturated carbocycles. The van der Waals surface area contributed by atoms with Gasteiger partial charge in [0.1, 0.15) is 0 Å². The number of hydrogen-bond donors (Lipinski definition) is 2. The van der Waals surface area contributed by atoms with Gasteiger partial charge in [0.25, 0.3) is 0 Å². The Balaban J connectivity index is 4.77. The average Bonchev–Trinajstić information content (AvgIpc) is 2.25. The molecule has 0 fully saturated rings. The molecule has 0 saturated heterocycles. The molecule has 0 radical (unpaired) electrons. The predicted octanol–water partition coefficient (Wildman–Crippen LogP) is 4.06. The van der Waals surface area contributed by atoms with Gasteiger partial charge in [-0.05, 0) is 20.8 Å². The average molecular weight is 336 g/mol. The first-order valence-corrected chi connectivity index (χ1v) is 7.24. The molecule has 22 heavy (non-hydrogen) atoms. The van der Waals surface area contributed by atoms with E-state index in [4.69, 9.17) is 0 Å². The lowest BCUT2D eigenvalue weighted by Crippen LogP contribution is -2.56. The summed E-state index contributed by atoms with van der Waals surface area (Å²) in [5.74, 6) is -15.0. The lowest BCUT2D eigenvalue weighted by atomic mass is 9.98. The Morgan fingerprint density at radius 2 is 1.18 bits per heavy atom. The number of nitrogens with one attached hydrogen (secondary N) is 2. The molecule has 0 atom stereocenters. The minimum atomic E-state index is -5.39. The molecule has 0 spiro atoms. The summed E-state index contributed by atoms with van der Waals surface area (Å²) >= 11 is 0. The van der Waals surface area contributed by atoms with E-state index in [2.05, 4.69) is 10.6 Å². The van der Waals surface area contributed by atoms with Gasteiger partial charge < -0.3 is 10.6 Å². The standard InChI is InChI=1S/C14H26F6N2/c1-10(2)21-8-6-12(15,16)14(19,20)13(17,18)7-9-22-11(3,4)5/h10,21-22H,6-9H2,1-5H3. The zero-order valence-corrected chi connectivity index (χ0v) is 13.7. The molecule has 0 aromatic rings. The van der Waals surface area contributed by atoms with Gasteiger partial charge in [-0.25, -0.2) is 0 Å². The lowest BCUT2D eigenvalue weighted by molar-refractivity contribution is -0.311. The molecule has 2 N–H and O–H groups in total. The molecule has 0 heterocycles. The van der Waals surface area contributed by atoms with Crippen LogP contribution in [0.3, 0.4) is 0 Å². The fraction of sp³-hybridized carbons (Fsp3) is 1.00. The van der Waals surface area contributed by atoms with Crippen molar-refractivity contribution in [1.29, 1.82) is 0 Å². The fourth-order valence-corrected chi connectivity index (χ4v) is 1.69. The van der Waals surface area contributed by atoms with E-state index in [9.17, 15) is 26.3 Å². The third-order valence-corrected chi connectivity index (χ3v) is 3.00. The number of hydrogen-bond acceptors (Lipinski definition) is 2. The highest BCUT2D eigenvalue weighted by Crippen LogP contribution is 2.48. The summed E-state index contributed by atoms with van der Waals surface area (Å²) in [6.07, 6.45) is -2.70. The maximum atomic E-state index is 13.6. The van der Waals surface area contributed by atoms with E-state index in [1.807, 2.05) is 0 Å². The number of rotatable bonds is 9. The van der Waals surface area contributed by atoms with E-state index in [0.717, 1.165) is 0 Å². The SMILES string of the molecule is CC(C)NCCC(F)(F)C(F)(F)C(F)(F)CCNC(C)(C)C. The molecule has 0 bridgehead atoms. The Bertz CT molecular complexity index is 337. The Morgan fingerprint density at radius 3 is 1.55 bits per heavy atom. The lowest BCUT2D eigenvalue weighted by Gasteiger charge is -2.33. The van der Waals surface area contributed by atoms with Gasteiger partial charge in [0.15, 0.2) is 0 Å². The van der Waals surface area contributed by atoms with E-state index in [1.54, 1.807) is 34.6 Å². The first-order chi connectivity index (χ1) is 9.62. The summed E-state index contributed by atoms with van der Waals surface area (Å²) in [7, 11) is 0. The van der Waals surface area contributed by atoms with Crippen molar-refractivity contribution in [1.82, 2.24) is 10.6 Å². The van der Waals surface area contributed by atoms with Crippen LogP contribution < -0.4 is 10.6 Å². The van der Waals surface area contributed by atoms with Crippen LogP contribution in [0.5, 0.6) is 0 Å². The highest BCUT2D eigenvalue weighted by atomic mass is 19.3. The van der Waals surface area contributed by atoms with Crippen molar-refractivity contribution in [3.05, 3.63) is 0 Å². The molecular formula is C14H26F6N2. The summed E-state index contributed by atoms with van der Waals surface area (Å²) in [6.45, 7) is 7.33. The van der Waals surface area contributed by atoms with Gasteiger partial charge in [0.05, 0.1) is 0 Å². The Labute approximate surface area is 128 Å². The fourth-order valence-electron chi connectivity index (χ4n) is 1.69. The molecule has 0 aliphatic rings. The van der Waals surface area contributed by atoms with Crippen LogP contribution in [0, 0.1) is 0 Å². The smallest absolute Gasteiger partial charge is 0.314 e. The molecule has 0 rings (SSSR count). The minimum absolute atomic E-state index is 0.194. The van der Waals surface area contributed by atoms with Crippen molar-refractivity contribution in [2.45, 2.75) is 76.8 Å². The van der Waals surface area contributed by atoms with Gasteiger partial charge in [-0.2, -0.15) is 26.3 Å². The van der Waals surface area contributed by atoms with Crippen LogP contribution in [-0.2, 0) is 0 Å². The maximum absolute atomic E-state index is 13.6. The highest BCUT2D eigenvalue weighted by molar-refractivity contribution is 4.97. The third kappa shape index (κ3) is 6.32. The largest absolute Gasteiger partial charge is 0.371 e. The van der Waals surface area contributed by atoms with Crippen molar-refractivity contribution >= 4 is 0 Å². The van der Waals surface area contributed by atoms with Gasteiger partial charge in [-0.1, -0.05) is 13.8 Å². The Morgan fingerprint density at radius 1 is 0.773 bits per heavy atom. The molecule has 0 amide bonds. The normalized spacial score (nSPS) is 14.7. The van der Waals surface area contributed by atoms with Crippen LogP contribution in [-0.4, -0.2) is 42.4 Å². The van der Waals surface area contributed by atoms with E-state index < -0.39 is 49.2 Å². The van der Waals surface area contributed by atoms with Gasteiger partial charge in [-0.15, -0.1) is 0 Å². The van der Waals surface area contributed by atoms with E-state index >= 15 is 0 Å². The maximum Gasteiger partial charge on any atom is 0.371 e. The molecule has 0 aliphatic carbocycles. The predicted molar refractivity (Wildman–Crippen MR) is 75.0 cm³/mol. The van der Waals surface area contributed by atoms with Crippen molar-refractivity contribution in [3.63, 3.8) is 0 Å². The van der Waals surface area contributed by atoms with E-state index in [-0.39, 0.29) is 6.04 Å². The first-order valence-electron chi connectivity index (χ1n) is 7.24. The summed E-state index contributed by atoms with van der Waals surface area (Å²) in [5.41, 5.74) is -0.560. The molecule has 0 aromatic carbocycles. The van der Waals surface area contributed by atoms with E-state index in [0.29, 0.717) is 0 Å². The van der Waals surface area contributed by atoms with Crippen molar-refractivity contribution < 1.29 is 26.3 Å². The number of alkyl halides is 6. The van der Waals surface area contributed by atoms with E-state index in [1.165, 1.54) is 0 Å². The molecule has 0 unspecified atom stereocenters. The summed E-state index contributed by atoms with van der Waals surface area (Å²) in [4.78, 5) is 0. The molecule has 0 aliphatic heterocycles. The summed E-state index contributed by atoms with van der Waals surface area (Å²) in [6, 6.07) is -0.194. The topological polar surface area (TPSA) is 24.1 Å². The quantitative estimate of drug-likeness (QED) is 0.621. The van der Waals surface area contributed by atoms with Crippen LogP contribution in [0.25, 0.3) is 0 Å². The van der Waals surface area contributed by atoms with Crippen LogP contribution >= 0.6 is 0 Å². The molecular weight excluding hydrogens is 310 g/mol. The second-order valence-electron chi connectivity index (χ2n) is 6.77. The molecule has 2 nitrogen and oxygen atoms in total. The van der Waals surface area contributed by atoms with Crippen molar-refractivity contribution in [2.75, 3.05) is 13.1 Å². The third-order valence-electron chi connectivity index (χ3n) is 3.00. The zero-order chi connectivity index (χ0) is 17.8. The van der Waals surface area contributed by atoms with Crippen LogP contribution in [0.4, 0.5) is 26.3 Å². The molecule has 134 valence electrons. The van der Waals surface area contributed by atoms with Gasteiger partial charge in [-0.3, -0.25) is 0 Å². The van der Waals surface area contributed by atoms with Gasteiger partial charge in [0, 0.05) is 37.5 Å².